The van der Waals surface area contributed by atoms with Crippen LogP contribution in [0.4, 0.5) is 0 Å². The van der Waals surface area contributed by atoms with E-state index in [2.05, 4.69) is 92.8 Å². The predicted octanol–water partition coefficient (Wildman–Crippen LogP) is 14.8. The first-order chi connectivity index (χ1) is 26.2. The molecule has 1 N–H and O–H groups in total. The smallest absolute Gasteiger partial charge is 0.306 e. The van der Waals surface area contributed by atoms with Crippen molar-refractivity contribution in [3.8, 4) is 0 Å². The van der Waals surface area contributed by atoms with Gasteiger partial charge in [0.1, 0.15) is 6.10 Å². The molecule has 0 bridgehead atoms. The SMILES string of the molecule is CC/C=C\C/C=C\C/C=C\C/C=C\C/C=C\C/C=C\CCC(=O)OC(CO)COCCCCCCCCCCCC/C=C\CCCCCCCCCC. The van der Waals surface area contributed by atoms with Gasteiger partial charge in [0.25, 0.3) is 0 Å². The van der Waals surface area contributed by atoms with E-state index < -0.39 is 6.10 Å². The summed E-state index contributed by atoms with van der Waals surface area (Å²) in [4.78, 5) is 12.2. The Morgan fingerprint density at radius 1 is 0.472 bits per heavy atom. The Bertz CT molecular complexity index is 954. The monoisotopic (exact) mass is 737 g/mol. The van der Waals surface area contributed by atoms with Crippen molar-refractivity contribution in [3.05, 3.63) is 85.1 Å². The third-order valence-corrected chi connectivity index (χ3v) is 9.22. The third-order valence-electron chi connectivity index (χ3n) is 9.22. The first-order valence-corrected chi connectivity index (χ1v) is 22.2. The fraction of sp³-hybridized carbons (Fsp3) is 0.694. The van der Waals surface area contributed by atoms with Crippen LogP contribution in [0.5, 0.6) is 0 Å². The van der Waals surface area contributed by atoms with E-state index in [4.69, 9.17) is 9.47 Å². The van der Waals surface area contributed by atoms with E-state index in [1.165, 1.54) is 122 Å². The predicted molar refractivity (Wildman–Crippen MR) is 232 cm³/mol. The third kappa shape index (κ3) is 43.9. The quantitative estimate of drug-likeness (QED) is 0.0387. The molecule has 304 valence electrons. The molecule has 4 nitrogen and oxygen atoms in total. The van der Waals surface area contributed by atoms with Crippen LogP contribution in [-0.2, 0) is 14.3 Å². The van der Waals surface area contributed by atoms with Gasteiger partial charge in [-0.05, 0) is 77.0 Å². The number of aliphatic hydroxyl groups is 1. The Labute approximate surface area is 329 Å². The lowest BCUT2D eigenvalue weighted by Crippen LogP contribution is -2.27. The summed E-state index contributed by atoms with van der Waals surface area (Å²) < 4.78 is 11.1. The van der Waals surface area contributed by atoms with Crippen LogP contribution < -0.4 is 0 Å². The standard InChI is InChI=1S/C49H84O4/c1-3-5-7-9-11-13-15-17-19-21-23-24-25-27-29-31-33-35-37-39-41-43-45-52-47-48(46-50)53-49(51)44-42-40-38-36-34-32-30-28-26-22-20-18-16-14-12-10-8-6-4-2/h6,8,12,14,18,20-21,23,26,28,32,34,38,40,48,50H,3-5,7,9-11,13,15-17,19,22,24-25,27,29-31,33,35-37,39,41-47H2,1-2H3/b8-6-,14-12-,20-18-,23-21-,28-26-,34-32-,40-38-. The highest BCUT2D eigenvalue weighted by Crippen LogP contribution is 2.13. The molecule has 0 fully saturated rings. The zero-order valence-electron chi connectivity index (χ0n) is 34.8. The van der Waals surface area contributed by atoms with E-state index in [0.29, 0.717) is 19.4 Å². The number of hydrogen-bond acceptors (Lipinski definition) is 4. The summed E-state index contributed by atoms with van der Waals surface area (Å²) in [5.41, 5.74) is 0. The number of aliphatic hydroxyl groups excluding tert-OH is 1. The molecule has 0 aliphatic heterocycles. The molecule has 0 aromatic rings. The molecule has 0 heterocycles. The summed E-state index contributed by atoms with van der Waals surface area (Å²) in [6.07, 6.45) is 63.8. The summed E-state index contributed by atoms with van der Waals surface area (Å²) in [6.45, 7) is 5.15. The van der Waals surface area contributed by atoms with E-state index in [-0.39, 0.29) is 19.2 Å². The minimum atomic E-state index is -0.580. The second kappa shape index (κ2) is 45.7. The molecule has 1 unspecified atom stereocenters. The Balaban J connectivity index is 3.55. The Morgan fingerprint density at radius 3 is 1.28 bits per heavy atom. The summed E-state index contributed by atoms with van der Waals surface area (Å²) in [7, 11) is 0. The molecular formula is C49H84O4. The molecule has 0 saturated heterocycles. The van der Waals surface area contributed by atoms with Crippen molar-refractivity contribution in [1.29, 1.82) is 0 Å². The number of hydrogen-bond donors (Lipinski definition) is 1. The molecule has 0 saturated carbocycles. The van der Waals surface area contributed by atoms with E-state index >= 15 is 0 Å². The summed E-state index contributed by atoms with van der Waals surface area (Å²) in [5, 5.41) is 9.60. The number of carbonyl (C=O) groups is 1. The summed E-state index contributed by atoms with van der Waals surface area (Å²) in [5.74, 6) is -0.284. The number of carbonyl (C=O) groups excluding carboxylic acids is 1. The second-order valence-electron chi connectivity index (χ2n) is 14.4. The lowest BCUT2D eigenvalue weighted by Gasteiger charge is -2.15. The van der Waals surface area contributed by atoms with E-state index in [0.717, 1.165) is 44.9 Å². The van der Waals surface area contributed by atoms with E-state index in [1.807, 2.05) is 6.08 Å². The molecule has 0 aliphatic carbocycles. The van der Waals surface area contributed by atoms with Crippen LogP contribution in [0.3, 0.4) is 0 Å². The number of allylic oxidation sites excluding steroid dienone is 14. The lowest BCUT2D eigenvalue weighted by molar-refractivity contribution is -0.154. The molecule has 0 aromatic heterocycles. The van der Waals surface area contributed by atoms with Gasteiger partial charge in [-0.3, -0.25) is 4.79 Å². The minimum Gasteiger partial charge on any atom is -0.457 e. The molecule has 0 amide bonds. The maximum Gasteiger partial charge on any atom is 0.306 e. The first-order valence-electron chi connectivity index (χ1n) is 22.2. The summed E-state index contributed by atoms with van der Waals surface area (Å²) in [6, 6.07) is 0. The van der Waals surface area contributed by atoms with Gasteiger partial charge in [0.05, 0.1) is 13.2 Å². The van der Waals surface area contributed by atoms with Crippen LogP contribution in [0.2, 0.25) is 0 Å². The van der Waals surface area contributed by atoms with Crippen molar-refractivity contribution < 1.29 is 19.4 Å². The van der Waals surface area contributed by atoms with Crippen molar-refractivity contribution in [2.24, 2.45) is 0 Å². The lowest BCUT2D eigenvalue weighted by atomic mass is 10.1. The Hall–Kier alpha value is -2.43. The van der Waals surface area contributed by atoms with Crippen LogP contribution in [0.1, 0.15) is 194 Å². The van der Waals surface area contributed by atoms with Gasteiger partial charge in [0.2, 0.25) is 0 Å². The van der Waals surface area contributed by atoms with Gasteiger partial charge in [-0.15, -0.1) is 0 Å². The van der Waals surface area contributed by atoms with Crippen molar-refractivity contribution >= 4 is 5.97 Å². The topological polar surface area (TPSA) is 55.8 Å². The van der Waals surface area contributed by atoms with E-state index in [9.17, 15) is 9.90 Å². The molecule has 53 heavy (non-hydrogen) atoms. The van der Waals surface area contributed by atoms with Gasteiger partial charge in [-0.25, -0.2) is 0 Å². The van der Waals surface area contributed by atoms with Crippen molar-refractivity contribution in [1.82, 2.24) is 0 Å². The van der Waals surface area contributed by atoms with Crippen LogP contribution in [0, 0.1) is 0 Å². The Morgan fingerprint density at radius 2 is 0.849 bits per heavy atom. The number of unbranched alkanes of at least 4 members (excludes halogenated alkanes) is 18. The molecule has 0 radical (unpaired) electrons. The van der Waals surface area contributed by atoms with Crippen LogP contribution in [-0.4, -0.2) is 37.0 Å². The molecular weight excluding hydrogens is 653 g/mol. The number of ether oxygens (including phenoxy) is 2. The molecule has 0 aliphatic rings. The maximum absolute atomic E-state index is 12.2. The highest BCUT2D eigenvalue weighted by Gasteiger charge is 2.13. The molecule has 0 aromatic carbocycles. The molecule has 0 rings (SSSR count). The number of rotatable bonds is 40. The van der Waals surface area contributed by atoms with Gasteiger partial charge in [0.15, 0.2) is 0 Å². The summed E-state index contributed by atoms with van der Waals surface area (Å²) >= 11 is 0. The molecule has 4 heteroatoms. The second-order valence-corrected chi connectivity index (χ2v) is 14.4. The van der Waals surface area contributed by atoms with Gasteiger partial charge in [-0.1, -0.05) is 195 Å². The minimum absolute atomic E-state index is 0.207. The largest absolute Gasteiger partial charge is 0.457 e. The number of esters is 1. The van der Waals surface area contributed by atoms with E-state index in [1.54, 1.807) is 0 Å². The fourth-order valence-electron chi connectivity index (χ4n) is 5.94. The maximum atomic E-state index is 12.2. The zero-order chi connectivity index (χ0) is 38.4. The van der Waals surface area contributed by atoms with Gasteiger partial charge < -0.3 is 14.6 Å². The van der Waals surface area contributed by atoms with Gasteiger partial charge in [-0.2, -0.15) is 0 Å². The molecule has 0 spiro atoms. The average molecular weight is 737 g/mol. The zero-order valence-corrected chi connectivity index (χ0v) is 34.8. The van der Waals surface area contributed by atoms with Crippen molar-refractivity contribution in [3.63, 3.8) is 0 Å². The van der Waals surface area contributed by atoms with Crippen molar-refractivity contribution in [2.75, 3.05) is 19.8 Å². The normalized spacial score (nSPS) is 13.2. The van der Waals surface area contributed by atoms with Gasteiger partial charge in [0, 0.05) is 13.0 Å². The Kier molecular flexibility index (Phi) is 43.6. The highest BCUT2D eigenvalue weighted by atomic mass is 16.6. The average Bonchev–Trinajstić information content (AvgIpc) is 3.16. The van der Waals surface area contributed by atoms with Crippen LogP contribution in [0.15, 0.2) is 85.1 Å². The highest BCUT2D eigenvalue weighted by molar-refractivity contribution is 5.69. The first kappa shape index (κ1) is 50.6. The van der Waals surface area contributed by atoms with Gasteiger partial charge >= 0.3 is 5.97 Å². The molecule has 1 atom stereocenters. The fourth-order valence-corrected chi connectivity index (χ4v) is 5.94. The van der Waals surface area contributed by atoms with Crippen LogP contribution >= 0.6 is 0 Å². The van der Waals surface area contributed by atoms with Crippen molar-refractivity contribution in [2.45, 2.75) is 200 Å². The van der Waals surface area contributed by atoms with Crippen LogP contribution in [0.25, 0.3) is 0 Å².